The number of benzene rings is 1. The Balaban J connectivity index is 1.62. The van der Waals surface area contributed by atoms with Crippen molar-refractivity contribution in [3.63, 3.8) is 0 Å². The summed E-state index contributed by atoms with van der Waals surface area (Å²) in [7, 11) is 0. The quantitative estimate of drug-likeness (QED) is 0.869. The van der Waals surface area contributed by atoms with Crippen LogP contribution in [0.4, 0.5) is 0 Å². The fraction of sp³-hybridized carbons (Fsp3) is 0.625. The highest BCUT2D eigenvalue weighted by molar-refractivity contribution is 5.29. The van der Waals surface area contributed by atoms with Crippen molar-refractivity contribution in [2.45, 2.75) is 63.3 Å². The molecule has 0 unspecified atom stereocenters. The molecule has 0 radical (unpaired) electrons. The number of hydrogen-bond donors (Lipinski definition) is 1. The van der Waals surface area contributed by atoms with Gasteiger partial charge in [0.25, 0.3) is 0 Å². The van der Waals surface area contributed by atoms with Gasteiger partial charge in [0.2, 0.25) is 0 Å². The molecule has 1 fully saturated rings. The van der Waals surface area contributed by atoms with E-state index >= 15 is 0 Å². The van der Waals surface area contributed by atoms with Crippen LogP contribution in [-0.4, -0.2) is 23.4 Å². The van der Waals surface area contributed by atoms with Crippen molar-refractivity contribution >= 4 is 0 Å². The van der Waals surface area contributed by atoms with Crippen molar-refractivity contribution in [2.24, 2.45) is 0 Å². The van der Waals surface area contributed by atoms with E-state index in [1.54, 1.807) is 0 Å². The van der Waals surface area contributed by atoms with Crippen molar-refractivity contribution in [3.05, 3.63) is 35.4 Å². The molecular formula is C16H22O2. The second-order valence-corrected chi connectivity index (χ2v) is 5.66. The summed E-state index contributed by atoms with van der Waals surface area (Å²) in [6, 6.07) is 8.66. The maximum atomic E-state index is 9.97. The molecule has 2 aliphatic carbocycles. The molecule has 0 aromatic heterocycles. The zero-order chi connectivity index (χ0) is 12.4. The normalized spacial score (nSPS) is 31.9. The van der Waals surface area contributed by atoms with Crippen LogP contribution in [0.1, 0.15) is 43.2 Å². The van der Waals surface area contributed by atoms with Gasteiger partial charge in [-0.05, 0) is 43.2 Å². The third-order valence-corrected chi connectivity index (χ3v) is 4.34. The van der Waals surface area contributed by atoms with Gasteiger partial charge in [-0.15, -0.1) is 0 Å². The average molecular weight is 246 g/mol. The van der Waals surface area contributed by atoms with E-state index in [0.29, 0.717) is 6.10 Å². The number of aliphatic hydroxyl groups is 1. The number of ether oxygens (including phenoxy) is 1. The predicted octanol–water partition coefficient (Wildman–Crippen LogP) is 2.86. The lowest BCUT2D eigenvalue weighted by atomic mass is 9.89. The van der Waals surface area contributed by atoms with Crippen molar-refractivity contribution in [1.82, 2.24) is 0 Å². The monoisotopic (exact) mass is 246 g/mol. The van der Waals surface area contributed by atoms with Gasteiger partial charge in [-0.25, -0.2) is 0 Å². The molecule has 3 atom stereocenters. The van der Waals surface area contributed by atoms with E-state index in [4.69, 9.17) is 4.74 Å². The summed E-state index contributed by atoms with van der Waals surface area (Å²) in [5.74, 6) is 0. The van der Waals surface area contributed by atoms with E-state index in [-0.39, 0.29) is 12.2 Å². The third kappa shape index (κ3) is 2.60. The van der Waals surface area contributed by atoms with Crippen molar-refractivity contribution in [3.8, 4) is 0 Å². The number of aliphatic hydroxyl groups excluding tert-OH is 1. The largest absolute Gasteiger partial charge is 0.390 e. The molecule has 2 aliphatic rings. The number of hydrogen-bond acceptors (Lipinski definition) is 2. The van der Waals surface area contributed by atoms with Gasteiger partial charge in [0.1, 0.15) is 0 Å². The molecule has 98 valence electrons. The minimum atomic E-state index is -0.240. The summed E-state index contributed by atoms with van der Waals surface area (Å²) in [5.41, 5.74) is 2.90. The van der Waals surface area contributed by atoms with Gasteiger partial charge in [-0.3, -0.25) is 0 Å². The van der Waals surface area contributed by atoms with E-state index in [1.165, 1.54) is 17.5 Å². The first-order valence-electron chi connectivity index (χ1n) is 7.23. The van der Waals surface area contributed by atoms with Crippen molar-refractivity contribution in [1.29, 1.82) is 0 Å². The first kappa shape index (κ1) is 12.2. The van der Waals surface area contributed by atoms with Crippen LogP contribution in [0.25, 0.3) is 0 Å². The molecule has 1 saturated carbocycles. The van der Waals surface area contributed by atoms with Gasteiger partial charge in [0.05, 0.1) is 18.3 Å². The molecule has 1 aromatic carbocycles. The summed E-state index contributed by atoms with van der Waals surface area (Å²) in [4.78, 5) is 0. The maximum Gasteiger partial charge on any atom is 0.0837 e. The van der Waals surface area contributed by atoms with Gasteiger partial charge >= 0.3 is 0 Å². The number of rotatable bonds is 2. The molecule has 2 nitrogen and oxygen atoms in total. The van der Waals surface area contributed by atoms with Crippen LogP contribution >= 0.6 is 0 Å². The topological polar surface area (TPSA) is 29.5 Å². The molecule has 0 bridgehead atoms. The molecule has 2 heteroatoms. The van der Waals surface area contributed by atoms with E-state index in [0.717, 1.165) is 38.5 Å². The van der Waals surface area contributed by atoms with Gasteiger partial charge < -0.3 is 9.84 Å². The summed E-state index contributed by atoms with van der Waals surface area (Å²) < 4.78 is 6.15. The lowest BCUT2D eigenvalue weighted by Gasteiger charge is -2.33. The van der Waals surface area contributed by atoms with E-state index in [9.17, 15) is 5.11 Å². The van der Waals surface area contributed by atoms with Gasteiger partial charge in [0.15, 0.2) is 0 Å². The Morgan fingerprint density at radius 3 is 2.61 bits per heavy atom. The standard InChI is InChI=1S/C16H22O2/c17-15-7-3-4-8-16(15)18-14-10-9-12-5-1-2-6-13(12)11-14/h1-2,5-6,14-17H,3-4,7-11H2/t14-,15+,16+/m1/s1. The van der Waals surface area contributed by atoms with Crippen molar-refractivity contribution < 1.29 is 9.84 Å². The van der Waals surface area contributed by atoms with E-state index in [2.05, 4.69) is 24.3 Å². The lowest BCUT2D eigenvalue weighted by molar-refractivity contribution is -0.0967. The van der Waals surface area contributed by atoms with Crippen LogP contribution in [0.3, 0.4) is 0 Å². The SMILES string of the molecule is O[C@H]1CCCC[C@@H]1O[C@@H]1CCc2ccccc2C1. The molecule has 1 N–H and O–H groups in total. The van der Waals surface area contributed by atoms with Crippen LogP contribution in [-0.2, 0) is 17.6 Å². The summed E-state index contributed by atoms with van der Waals surface area (Å²) in [6.45, 7) is 0. The lowest BCUT2D eigenvalue weighted by Crippen LogP contribution is -2.37. The minimum absolute atomic E-state index is 0.0778. The Morgan fingerprint density at radius 2 is 1.78 bits per heavy atom. The smallest absolute Gasteiger partial charge is 0.0837 e. The molecule has 1 aromatic rings. The zero-order valence-electron chi connectivity index (χ0n) is 10.8. The predicted molar refractivity (Wildman–Crippen MR) is 71.6 cm³/mol. The molecule has 18 heavy (non-hydrogen) atoms. The van der Waals surface area contributed by atoms with Crippen molar-refractivity contribution in [2.75, 3.05) is 0 Å². The zero-order valence-corrected chi connectivity index (χ0v) is 10.8. The highest BCUT2D eigenvalue weighted by Crippen LogP contribution is 2.28. The average Bonchev–Trinajstić information content (AvgIpc) is 2.41. The Kier molecular flexibility index (Phi) is 3.67. The fourth-order valence-electron chi connectivity index (χ4n) is 3.26. The molecule has 0 spiro atoms. The molecular weight excluding hydrogens is 224 g/mol. The van der Waals surface area contributed by atoms with Gasteiger partial charge in [0, 0.05) is 0 Å². The molecule has 0 aliphatic heterocycles. The Morgan fingerprint density at radius 1 is 1.00 bits per heavy atom. The van der Waals surface area contributed by atoms with E-state index < -0.39 is 0 Å². The molecule has 0 amide bonds. The molecule has 3 rings (SSSR count). The third-order valence-electron chi connectivity index (χ3n) is 4.34. The van der Waals surface area contributed by atoms with Crippen LogP contribution in [0.5, 0.6) is 0 Å². The number of fused-ring (bicyclic) bond motifs is 1. The van der Waals surface area contributed by atoms with Gasteiger partial charge in [-0.1, -0.05) is 37.1 Å². The summed E-state index contributed by atoms with van der Waals surface area (Å²) in [5, 5.41) is 9.97. The fourth-order valence-corrected chi connectivity index (χ4v) is 3.26. The first-order chi connectivity index (χ1) is 8.83. The highest BCUT2D eigenvalue weighted by Gasteiger charge is 2.28. The number of aryl methyl sites for hydroxylation is 1. The Bertz CT molecular complexity index is 402. The summed E-state index contributed by atoms with van der Waals surface area (Å²) >= 11 is 0. The molecule has 0 heterocycles. The molecule has 0 saturated heterocycles. The van der Waals surface area contributed by atoms with Gasteiger partial charge in [-0.2, -0.15) is 0 Å². The Hall–Kier alpha value is -0.860. The van der Waals surface area contributed by atoms with Crippen LogP contribution in [0.15, 0.2) is 24.3 Å². The minimum Gasteiger partial charge on any atom is -0.390 e. The second-order valence-electron chi connectivity index (χ2n) is 5.66. The van der Waals surface area contributed by atoms with Crippen LogP contribution in [0.2, 0.25) is 0 Å². The Labute approximate surface area is 109 Å². The second kappa shape index (κ2) is 5.41. The van der Waals surface area contributed by atoms with Crippen LogP contribution in [0, 0.1) is 0 Å². The highest BCUT2D eigenvalue weighted by atomic mass is 16.5. The van der Waals surface area contributed by atoms with E-state index in [1.807, 2.05) is 0 Å². The summed E-state index contributed by atoms with van der Waals surface area (Å²) in [6.07, 6.45) is 7.65. The maximum absolute atomic E-state index is 9.97. The first-order valence-corrected chi connectivity index (χ1v) is 7.23. The van der Waals surface area contributed by atoms with Crippen LogP contribution < -0.4 is 0 Å².